The molecule has 0 spiro atoms. The van der Waals surface area contributed by atoms with Gasteiger partial charge in [0, 0.05) is 13.2 Å². The molecule has 0 aromatic carbocycles. The average Bonchev–Trinajstić information content (AvgIpc) is 2.32. The van der Waals surface area contributed by atoms with Crippen molar-refractivity contribution < 1.29 is 9.13 Å². The Bertz CT molecular complexity index is 371. The van der Waals surface area contributed by atoms with Gasteiger partial charge >= 0.3 is 0 Å². The third-order valence-electron chi connectivity index (χ3n) is 2.41. The molecule has 1 aromatic heterocycles. The first-order chi connectivity index (χ1) is 8.13. The molecule has 1 unspecified atom stereocenters. The van der Waals surface area contributed by atoms with Gasteiger partial charge in [0.15, 0.2) is 17.5 Å². The molecule has 0 saturated carbocycles. The fraction of sp³-hybridized carbons (Fsp3) is 0.667. The summed E-state index contributed by atoms with van der Waals surface area (Å²) in [6.07, 6.45) is 0.599. The molecule has 17 heavy (non-hydrogen) atoms. The Balaban J connectivity index is 3.07. The third-order valence-corrected chi connectivity index (χ3v) is 2.41. The van der Waals surface area contributed by atoms with Crippen molar-refractivity contribution in [2.75, 3.05) is 18.5 Å². The molecule has 1 N–H and O–H groups in total. The van der Waals surface area contributed by atoms with Crippen LogP contribution in [0.4, 0.5) is 10.2 Å². The number of aryl methyl sites for hydroxylation is 1. The molecular weight excluding hydrogens is 221 g/mol. The molecule has 5 heteroatoms. The fourth-order valence-electron chi connectivity index (χ4n) is 1.59. The smallest absolute Gasteiger partial charge is 0.186 e. The summed E-state index contributed by atoms with van der Waals surface area (Å²) < 4.78 is 19.2. The molecule has 0 amide bonds. The Hall–Kier alpha value is -1.23. The van der Waals surface area contributed by atoms with Gasteiger partial charge < -0.3 is 10.1 Å². The van der Waals surface area contributed by atoms with E-state index in [1.165, 1.54) is 0 Å². The molecule has 0 aliphatic carbocycles. The molecular formula is C12H20FN3O. The largest absolute Gasteiger partial charge is 0.371 e. The van der Waals surface area contributed by atoms with Gasteiger partial charge in [0.05, 0.1) is 5.69 Å². The van der Waals surface area contributed by atoms with E-state index in [0.29, 0.717) is 24.7 Å². The van der Waals surface area contributed by atoms with E-state index in [2.05, 4.69) is 15.3 Å². The molecule has 0 aliphatic heterocycles. The zero-order chi connectivity index (χ0) is 12.8. The van der Waals surface area contributed by atoms with Crippen LogP contribution in [0.25, 0.3) is 0 Å². The maximum absolute atomic E-state index is 13.7. The molecule has 1 aromatic rings. The molecule has 0 radical (unpaired) electrons. The monoisotopic (exact) mass is 241 g/mol. The van der Waals surface area contributed by atoms with Crippen LogP contribution in [0.5, 0.6) is 0 Å². The minimum Gasteiger partial charge on any atom is -0.371 e. The van der Waals surface area contributed by atoms with E-state index in [0.717, 1.165) is 6.42 Å². The SMILES string of the molecule is CCNc1nc(C(CC)OCC)nc(C)c1F. The van der Waals surface area contributed by atoms with Gasteiger partial charge in [-0.05, 0) is 27.2 Å². The molecule has 0 saturated heterocycles. The lowest BCUT2D eigenvalue weighted by Crippen LogP contribution is -2.13. The summed E-state index contributed by atoms with van der Waals surface area (Å²) in [5.41, 5.74) is 0.351. The number of anilines is 1. The molecule has 0 aliphatic rings. The van der Waals surface area contributed by atoms with Gasteiger partial charge in [-0.2, -0.15) is 0 Å². The van der Waals surface area contributed by atoms with Gasteiger partial charge in [0.25, 0.3) is 0 Å². The highest BCUT2D eigenvalue weighted by Gasteiger charge is 2.17. The molecule has 4 nitrogen and oxygen atoms in total. The second-order valence-electron chi connectivity index (χ2n) is 3.71. The second kappa shape index (κ2) is 6.49. The second-order valence-corrected chi connectivity index (χ2v) is 3.71. The van der Waals surface area contributed by atoms with E-state index < -0.39 is 0 Å². The van der Waals surface area contributed by atoms with Crippen molar-refractivity contribution in [2.24, 2.45) is 0 Å². The van der Waals surface area contributed by atoms with Crippen molar-refractivity contribution in [2.45, 2.75) is 40.2 Å². The highest BCUT2D eigenvalue weighted by Crippen LogP contribution is 2.21. The van der Waals surface area contributed by atoms with E-state index in [9.17, 15) is 4.39 Å². The van der Waals surface area contributed by atoms with Crippen molar-refractivity contribution >= 4 is 5.82 Å². The number of nitrogens with one attached hydrogen (secondary N) is 1. The number of hydrogen-bond donors (Lipinski definition) is 1. The number of nitrogens with zero attached hydrogens (tertiary/aromatic N) is 2. The van der Waals surface area contributed by atoms with Crippen LogP contribution < -0.4 is 5.32 Å². The quantitative estimate of drug-likeness (QED) is 0.832. The number of ether oxygens (including phenoxy) is 1. The standard InChI is InChI=1S/C12H20FN3O/c1-5-9(17-7-3)11-15-8(4)10(13)12(16-11)14-6-2/h9H,5-7H2,1-4H3,(H,14,15,16). The first-order valence-electron chi connectivity index (χ1n) is 6.03. The summed E-state index contributed by atoms with van der Waals surface area (Å²) in [6.45, 7) is 8.67. The highest BCUT2D eigenvalue weighted by molar-refractivity contribution is 5.38. The molecule has 1 heterocycles. The van der Waals surface area contributed by atoms with Crippen molar-refractivity contribution in [3.05, 3.63) is 17.3 Å². The van der Waals surface area contributed by atoms with Crippen molar-refractivity contribution in [3.63, 3.8) is 0 Å². The predicted molar refractivity (Wildman–Crippen MR) is 65.5 cm³/mol. The summed E-state index contributed by atoms with van der Waals surface area (Å²) >= 11 is 0. The van der Waals surface area contributed by atoms with Crippen LogP contribution in [-0.2, 0) is 4.74 Å². The lowest BCUT2D eigenvalue weighted by Gasteiger charge is -2.16. The van der Waals surface area contributed by atoms with Crippen molar-refractivity contribution in [3.8, 4) is 0 Å². The molecule has 96 valence electrons. The topological polar surface area (TPSA) is 47.0 Å². The zero-order valence-electron chi connectivity index (χ0n) is 10.9. The Morgan fingerprint density at radius 3 is 2.53 bits per heavy atom. The first-order valence-corrected chi connectivity index (χ1v) is 6.03. The van der Waals surface area contributed by atoms with E-state index >= 15 is 0 Å². The summed E-state index contributed by atoms with van der Waals surface area (Å²) in [5, 5.41) is 2.90. The van der Waals surface area contributed by atoms with E-state index in [1.54, 1.807) is 6.92 Å². The van der Waals surface area contributed by atoms with Crippen LogP contribution in [0.1, 0.15) is 44.8 Å². The van der Waals surface area contributed by atoms with Crippen LogP contribution in [0, 0.1) is 12.7 Å². The van der Waals surface area contributed by atoms with Crippen LogP contribution >= 0.6 is 0 Å². The predicted octanol–water partition coefficient (Wildman–Crippen LogP) is 2.84. The number of halogens is 1. The maximum atomic E-state index is 13.7. The van der Waals surface area contributed by atoms with Crippen LogP contribution in [0.2, 0.25) is 0 Å². The van der Waals surface area contributed by atoms with Gasteiger partial charge in [0.1, 0.15) is 6.10 Å². The molecule has 0 bridgehead atoms. The van der Waals surface area contributed by atoms with Crippen molar-refractivity contribution in [1.29, 1.82) is 0 Å². The van der Waals surface area contributed by atoms with Crippen molar-refractivity contribution in [1.82, 2.24) is 9.97 Å². The summed E-state index contributed by atoms with van der Waals surface area (Å²) in [4.78, 5) is 8.34. The minimum absolute atomic E-state index is 0.170. The third kappa shape index (κ3) is 3.36. The Morgan fingerprint density at radius 2 is 2.00 bits per heavy atom. The normalized spacial score (nSPS) is 12.5. The minimum atomic E-state index is -0.387. The Labute approximate surface area is 102 Å². The Morgan fingerprint density at radius 1 is 1.29 bits per heavy atom. The highest BCUT2D eigenvalue weighted by atomic mass is 19.1. The number of hydrogen-bond acceptors (Lipinski definition) is 4. The average molecular weight is 241 g/mol. The molecule has 1 atom stereocenters. The summed E-state index contributed by atoms with van der Waals surface area (Å²) in [6, 6.07) is 0. The van der Waals surface area contributed by atoms with E-state index in [-0.39, 0.29) is 17.7 Å². The molecule has 1 rings (SSSR count). The zero-order valence-corrected chi connectivity index (χ0v) is 10.9. The summed E-state index contributed by atoms with van der Waals surface area (Å²) in [7, 11) is 0. The van der Waals surface area contributed by atoms with Crippen LogP contribution in [0.15, 0.2) is 0 Å². The maximum Gasteiger partial charge on any atom is 0.186 e. The molecule has 0 fully saturated rings. The number of rotatable bonds is 6. The van der Waals surface area contributed by atoms with Gasteiger partial charge in [-0.3, -0.25) is 0 Å². The van der Waals surface area contributed by atoms with Crippen LogP contribution in [-0.4, -0.2) is 23.1 Å². The lowest BCUT2D eigenvalue weighted by molar-refractivity contribution is 0.0533. The number of aromatic nitrogens is 2. The van der Waals surface area contributed by atoms with Crippen LogP contribution in [0.3, 0.4) is 0 Å². The summed E-state index contributed by atoms with van der Waals surface area (Å²) in [5.74, 6) is 0.416. The van der Waals surface area contributed by atoms with Gasteiger partial charge in [-0.25, -0.2) is 14.4 Å². The van der Waals surface area contributed by atoms with Gasteiger partial charge in [-0.15, -0.1) is 0 Å². The first kappa shape index (κ1) is 13.8. The van der Waals surface area contributed by atoms with E-state index in [1.807, 2.05) is 20.8 Å². The fourth-order valence-corrected chi connectivity index (χ4v) is 1.59. The van der Waals surface area contributed by atoms with E-state index in [4.69, 9.17) is 4.74 Å². The van der Waals surface area contributed by atoms with Gasteiger partial charge in [-0.1, -0.05) is 6.92 Å². The lowest BCUT2D eigenvalue weighted by atomic mass is 10.2. The Kier molecular flexibility index (Phi) is 5.28. The van der Waals surface area contributed by atoms with Gasteiger partial charge in [0.2, 0.25) is 0 Å².